The molecule has 19 heavy (non-hydrogen) atoms. The fourth-order valence-electron chi connectivity index (χ4n) is 1.88. The molecule has 0 saturated heterocycles. The minimum Gasteiger partial charge on any atom is -0.383 e. The SMILES string of the molecule is CCCCCCCNc1c(Cl)cccc1C(F)(F)F. The van der Waals surface area contributed by atoms with Crippen LogP contribution in [0.4, 0.5) is 18.9 Å². The summed E-state index contributed by atoms with van der Waals surface area (Å²) >= 11 is 5.84. The Morgan fingerprint density at radius 2 is 1.79 bits per heavy atom. The lowest BCUT2D eigenvalue weighted by Gasteiger charge is -2.15. The Morgan fingerprint density at radius 1 is 1.11 bits per heavy atom. The largest absolute Gasteiger partial charge is 0.418 e. The minimum absolute atomic E-state index is 0.00726. The highest BCUT2D eigenvalue weighted by molar-refractivity contribution is 6.33. The third-order valence-electron chi connectivity index (χ3n) is 2.90. The van der Waals surface area contributed by atoms with Crippen molar-refractivity contribution in [1.29, 1.82) is 0 Å². The van der Waals surface area contributed by atoms with Gasteiger partial charge in [0.05, 0.1) is 16.3 Å². The molecular weight excluding hydrogens is 275 g/mol. The fraction of sp³-hybridized carbons (Fsp3) is 0.571. The fourth-order valence-corrected chi connectivity index (χ4v) is 2.12. The van der Waals surface area contributed by atoms with Crippen LogP contribution in [0.2, 0.25) is 5.02 Å². The smallest absolute Gasteiger partial charge is 0.383 e. The molecule has 0 aliphatic rings. The van der Waals surface area contributed by atoms with Gasteiger partial charge < -0.3 is 5.32 Å². The third kappa shape index (κ3) is 5.31. The predicted molar refractivity (Wildman–Crippen MR) is 73.7 cm³/mol. The zero-order chi connectivity index (χ0) is 14.3. The van der Waals surface area contributed by atoms with E-state index in [0.29, 0.717) is 6.54 Å². The number of hydrogen-bond acceptors (Lipinski definition) is 1. The number of anilines is 1. The van der Waals surface area contributed by atoms with Crippen molar-refractivity contribution in [1.82, 2.24) is 0 Å². The molecule has 0 aliphatic heterocycles. The van der Waals surface area contributed by atoms with E-state index in [1.807, 2.05) is 0 Å². The Hall–Kier alpha value is -0.900. The average molecular weight is 294 g/mol. The van der Waals surface area contributed by atoms with Crippen LogP contribution in [0.5, 0.6) is 0 Å². The summed E-state index contributed by atoms with van der Waals surface area (Å²) in [4.78, 5) is 0. The molecule has 1 N–H and O–H groups in total. The summed E-state index contributed by atoms with van der Waals surface area (Å²) in [6, 6.07) is 3.83. The number of para-hydroxylation sites is 1. The van der Waals surface area contributed by atoms with Gasteiger partial charge in [-0.3, -0.25) is 0 Å². The predicted octanol–water partition coefficient (Wildman–Crippen LogP) is 5.74. The van der Waals surface area contributed by atoms with Crippen molar-refractivity contribution in [3.05, 3.63) is 28.8 Å². The van der Waals surface area contributed by atoms with Gasteiger partial charge in [0, 0.05) is 6.54 Å². The summed E-state index contributed by atoms with van der Waals surface area (Å²) in [5.41, 5.74) is -0.708. The van der Waals surface area contributed by atoms with Gasteiger partial charge in [-0.25, -0.2) is 0 Å². The molecule has 0 saturated carbocycles. The molecule has 1 rings (SSSR count). The normalized spacial score (nSPS) is 11.6. The van der Waals surface area contributed by atoms with Crippen molar-refractivity contribution in [3.8, 4) is 0 Å². The first kappa shape index (κ1) is 16.2. The van der Waals surface area contributed by atoms with Crippen LogP contribution in [-0.4, -0.2) is 6.54 Å². The summed E-state index contributed by atoms with van der Waals surface area (Å²) in [6.07, 6.45) is 0.924. The second-order valence-electron chi connectivity index (χ2n) is 4.50. The number of hydrogen-bond donors (Lipinski definition) is 1. The van der Waals surface area contributed by atoms with Gasteiger partial charge in [0.15, 0.2) is 0 Å². The van der Waals surface area contributed by atoms with E-state index in [4.69, 9.17) is 11.6 Å². The molecule has 108 valence electrons. The molecule has 0 fully saturated rings. The second kappa shape index (κ2) is 7.63. The van der Waals surface area contributed by atoms with E-state index >= 15 is 0 Å². The van der Waals surface area contributed by atoms with E-state index in [1.165, 1.54) is 18.6 Å². The molecule has 0 amide bonds. The standard InChI is InChI=1S/C14H19ClF3N/c1-2-3-4-5-6-10-19-13-11(14(16,17)18)8-7-9-12(13)15/h7-9,19H,2-6,10H2,1H3. The van der Waals surface area contributed by atoms with Crippen molar-refractivity contribution in [2.24, 2.45) is 0 Å². The first-order valence-electron chi connectivity index (χ1n) is 6.56. The van der Waals surface area contributed by atoms with E-state index < -0.39 is 11.7 Å². The third-order valence-corrected chi connectivity index (χ3v) is 3.22. The van der Waals surface area contributed by atoms with Crippen molar-refractivity contribution in [2.75, 3.05) is 11.9 Å². The Bertz CT molecular complexity index is 391. The molecular formula is C14H19ClF3N. The van der Waals surface area contributed by atoms with Crippen LogP contribution >= 0.6 is 11.6 Å². The number of unbranched alkanes of at least 4 members (excludes halogenated alkanes) is 4. The van der Waals surface area contributed by atoms with Crippen LogP contribution in [0.15, 0.2) is 18.2 Å². The monoisotopic (exact) mass is 293 g/mol. The van der Waals surface area contributed by atoms with E-state index in [0.717, 1.165) is 31.7 Å². The molecule has 0 heterocycles. The average Bonchev–Trinajstić information content (AvgIpc) is 2.33. The van der Waals surface area contributed by atoms with Gasteiger partial charge in [-0.15, -0.1) is 0 Å². The van der Waals surface area contributed by atoms with Crippen LogP contribution in [-0.2, 0) is 6.18 Å². The van der Waals surface area contributed by atoms with E-state index in [1.54, 1.807) is 0 Å². The Labute approximate surface area is 117 Å². The molecule has 5 heteroatoms. The molecule has 1 aromatic rings. The molecule has 0 aliphatic carbocycles. The maximum absolute atomic E-state index is 12.8. The molecule has 0 aromatic heterocycles. The second-order valence-corrected chi connectivity index (χ2v) is 4.91. The van der Waals surface area contributed by atoms with Gasteiger partial charge in [-0.2, -0.15) is 13.2 Å². The number of halogens is 4. The Balaban J connectivity index is 2.57. The zero-order valence-electron chi connectivity index (χ0n) is 11.0. The highest BCUT2D eigenvalue weighted by Gasteiger charge is 2.34. The molecule has 0 atom stereocenters. The van der Waals surface area contributed by atoms with Crippen molar-refractivity contribution < 1.29 is 13.2 Å². The summed E-state index contributed by atoms with van der Waals surface area (Å²) in [5.74, 6) is 0. The molecule has 1 nitrogen and oxygen atoms in total. The topological polar surface area (TPSA) is 12.0 Å². The van der Waals surface area contributed by atoms with Gasteiger partial charge in [0.2, 0.25) is 0 Å². The van der Waals surface area contributed by atoms with E-state index in [-0.39, 0.29) is 10.7 Å². The highest BCUT2D eigenvalue weighted by atomic mass is 35.5. The summed E-state index contributed by atoms with van der Waals surface area (Å²) < 4.78 is 38.4. The molecule has 0 spiro atoms. The zero-order valence-corrected chi connectivity index (χ0v) is 11.7. The quantitative estimate of drug-likeness (QED) is 0.632. The van der Waals surface area contributed by atoms with Gasteiger partial charge in [-0.05, 0) is 18.6 Å². The van der Waals surface area contributed by atoms with Gasteiger partial charge in [0.25, 0.3) is 0 Å². The molecule has 0 bridgehead atoms. The Kier molecular flexibility index (Phi) is 6.49. The van der Waals surface area contributed by atoms with Gasteiger partial charge >= 0.3 is 6.18 Å². The van der Waals surface area contributed by atoms with Crippen molar-refractivity contribution >= 4 is 17.3 Å². The number of benzene rings is 1. The summed E-state index contributed by atoms with van der Waals surface area (Å²) in [6.45, 7) is 2.63. The lowest BCUT2D eigenvalue weighted by Crippen LogP contribution is -2.12. The number of nitrogens with one attached hydrogen (secondary N) is 1. The van der Waals surface area contributed by atoms with Crippen LogP contribution in [0.25, 0.3) is 0 Å². The number of alkyl halides is 3. The summed E-state index contributed by atoms with van der Waals surface area (Å²) in [5, 5.41) is 2.93. The maximum Gasteiger partial charge on any atom is 0.418 e. The highest BCUT2D eigenvalue weighted by Crippen LogP contribution is 2.38. The molecule has 0 radical (unpaired) electrons. The minimum atomic E-state index is -4.38. The first-order valence-corrected chi connectivity index (χ1v) is 6.94. The van der Waals surface area contributed by atoms with Crippen LogP contribution in [0.3, 0.4) is 0 Å². The van der Waals surface area contributed by atoms with E-state index in [2.05, 4.69) is 12.2 Å². The Morgan fingerprint density at radius 3 is 2.42 bits per heavy atom. The van der Waals surface area contributed by atoms with Gasteiger partial charge in [0.1, 0.15) is 0 Å². The number of rotatable bonds is 7. The lowest BCUT2D eigenvalue weighted by molar-refractivity contribution is -0.136. The lowest BCUT2D eigenvalue weighted by atomic mass is 10.1. The van der Waals surface area contributed by atoms with Gasteiger partial charge in [-0.1, -0.05) is 50.3 Å². The van der Waals surface area contributed by atoms with Crippen LogP contribution < -0.4 is 5.32 Å². The molecule has 1 aromatic carbocycles. The summed E-state index contributed by atoms with van der Waals surface area (Å²) in [7, 11) is 0. The first-order chi connectivity index (χ1) is 8.96. The van der Waals surface area contributed by atoms with Crippen molar-refractivity contribution in [3.63, 3.8) is 0 Å². The van der Waals surface area contributed by atoms with Crippen molar-refractivity contribution in [2.45, 2.75) is 45.2 Å². The van der Waals surface area contributed by atoms with E-state index in [9.17, 15) is 13.2 Å². The molecule has 0 unspecified atom stereocenters. The van der Waals surface area contributed by atoms with Crippen LogP contribution in [0, 0.1) is 0 Å². The van der Waals surface area contributed by atoms with Crippen LogP contribution in [0.1, 0.15) is 44.6 Å². The maximum atomic E-state index is 12.8.